The highest BCUT2D eigenvalue weighted by molar-refractivity contribution is 9.09. The summed E-state index contributed by atoms with van der Waals surface area (Å²) >= 11 is 3.30. The summed E-state index contributed by atoms with van der Waals surface area (Å²) in [6.45, 7) is 2.10. The number of sulfonamides is 1. The molecule has 1 aromatic rings. The van der Waals surface area contributed by atoms with Crippen LogP contribution in [0.5, 0.6) is 0 Å². The predicted octanol–water partition coefficient (Wildman–Crippen LogP) is 2.81. The first kappa shape index (κ1) is 15.5. The van der Waals surface area contributed by atoms with Crippen LogP contribution in [0.1, 0.15) is 19.8 Å². The van der Waals surface area contributed by atoms with Gasteiger partial charge in [0.25, 0.3) is 0 Å². The second-order valence-corrected chi connectivity index (χ2v) is 6.84. The molecule has 0 amide bonds. The van der Waals surface area contributed by atoms with Gasteiger partial charge in [0.15, 0.2) is 0 Å². The maximum Gasteiger partial charge on any atom is 0.243 e. The molecule has 0 spiro atoms. The van der Waals surface area contributed by atoms with Crippen LogP contribution in [0.15, 0.2) is 23.1 Å². The number of nitrogens with one attached hydrogen (secondary N) is 1. The van der Waals surface area contributed by atoms with Crippen molar-refractivity contribution in [1.82, 2.24) is 4.72 Å². The van der Waals surface area contributed by atoms with Gasteiger partial charge in [0, 0.05) is 11.4 Å². The molecule has 0 radical (unpaired) electrons. The van der Waals surface area contributed by atoms with Crippen LogP contribution in [0, 0.1) is 11.6 Å². The highest BCUT2D eigenvalue weighted by Crippen LogP contribution is 2.16. The van der Waals surface area contributed by atoms with Crippen molar-refractivity contribution in [2.75, 3.05) is 6.54 Å². The summed E-state index contributed by atoms with van der Waals surface area (Å²) in [5.74, 6) is -1.76. The molecule has 102 valence electrons. The van der Waals surface area contributed by atoms with Crippen LogP contribution in [0.25, 0.3) is 0 Å². The Morgan fingerprint density at radius 3 is 2.67 bits per heavy atom. The first-order chi connectivity index (χ1) is 8.36. The van der Waals surface area contributed by atoms with E-state index in [0.29, 0.717) is 6.07 Å². The lowest BCUT2D eigenvalue weighted by atomic mass is 10.2. The zero-order chi connectivity index (χ0) is 13.8. The number of alkyl halides is 1. The Balaban J connectivity index is 2.83. The van der Waals surface area contributed by atoms with Crippen LogP contribution < -0.4 is 4.72 Å². The number of halogens is 3. The van der Waals surface area contributed by atoms with E-state index in [4.69, 9.17) is 0 Å². The second-order valence-electron chi connectivity index (χ2n) is 3.81. The van der Waals surface area contributed by atoms with Crippen LogP contribution in [0.4, 0.5) is 8.78 Å². The van der Waals surface area contributed by atoms with E-state index in [1.807, 2.05) is 6.92 Å². The summed E-state index contributed by atoms with van der Waals surface area (Å²) in [5, 5.41) is 0. The molecule has 1 aromatic carbocycles. The molecule has 1 rings (SSSR count). The Morgan fingerprint density at radius 2 is 2.06 bits per heavy atom. The highest BCUT2D eigenvalue weighted by atomic mass is 79.9. The Labute approximate surface area is 114 Å². The van der Waals surface area contributed by atoms with E-state index in [9.17, 15) is 17.2 Å². The fourth-order valence-corrected chi connectivity index (χ4v) is 3.38. The van der Waals surface area contributed by atoms with Crippen LogP contribution in [0.2, 0.25) is 0 Å². The Morgan fingerprint density at radius 1 is 1.39 bits per heavy atom. The second kappa shape index (κ2) is 6.58. The lowest BCUT2D eigenvalue weighted by Crippen LogP contribution is -2.30. The third-order valence-corrected chi connectivity index (χ3v) is 4.50. The van der Waals surface area contributed by atoms with Crippen molar-refractivity contribution in [2.24, 2.45) is 0 Å². The van der Waals surface area contributed by atoms with Gasteiger partial charge in [0.05, 0.1) is 0 Å². The summed E-state index contributed by atoms with van der Waals surface area (Å²) in [4.78, 5) is -0.701. The van der Waals surface area contributed by atoms with E-state index < -0.39 is 26.6 Å². The summed E-state index contributed by atoms with van der Waals surface area (Å²) in [6.07, 6.45) is 1.68. The molecule has 0 fully saturated rings. The molecule has 0 saturated heterocycles. The SMILES string of the molecule is CCCC(Br)CNS(=O)(=O)c1cc(F)ccc1F. The minimum atomic E-state index is -4.02. The summed E-state index contributed by atoms with van der Waals surface area (Å²) in [7, 11) is -4.02. The summed E-state index contributed by atoms with van der Waals surface area (Å²) < 4.78 is 52.1. The van der Waals surface area contributed by atoms with E-state index in [-0.39, 0.29) is 11.4 Å². The van der Waals surface area contributed by atoms with Crippen molar-refractivity contribution in [2.45, 2.75) is 29.5 Å². The van der Waals surface area contributed by atoms with Gasteiger partial charge in [-0.25, -0.2) is 21.9 Å². The number of hydrogen-bond acceptors (Lipinski definition) is 2. The van der Waals surface area contributed by atoms with Crippen molar-refractivity contribution in [3.8, 4) is 0 Å². The van der Waals surface area contributed by atoms with Crippen molar-refractivity contribution >= 4 is 26.0 Å². The first-order valence-corrected chi connectivity index (χ1v) is 7.85. The summed E-state index contributed by atoms with van der Waals surface area (Å²) in [5.41, 5.74) is 0. The van der Waals surface area contributed by atoms with E-state index in [2.05, 4.69) is 20.7 Å². The van der Waals surface area contributed by atoms with Gasteiger partial charge in [-0.2, -0.15) is 0 Å². The van der Waals surface area contributed by atoms with Crippen LogP contribution in [-0.4, -0.2) is 19.8 Å². The van der Waals surface area contributed by atoms with Crippen LogP contribution >= 0.6 is 15.9 Å². The maximum atomic E-state index is 13.3. The molecule has 0 aliphatic heterocycles. The lowest BCUT2D eigenvalue weighted by molar-refractivity contribution is 0.544. The minimum absolute atomic E-state index is 0.0334. The smallest absolute Gasteiger partial charge is 0.210 e. The lowest BCUT2D eigenvalue weighted by Gasteiger charge is -2.11. The van der Waals surface area contributed by atoms with E-state index in [1.54, 1.807) is 0 Å². The Bertz CT molecular complexity index is 508. The van der Waals surface area contributed by atoms with Gasteiger partial charge in [0.1, 0.15) is 16.5 Å². The van der Waals surface area contributed by atoms with Gasteiger partial charge < -0.3 is 0 Å². The van der Waals surface area contributed by atoms with E-state index >= 15 is 0 Å². The van der Waals surface area contributed by atoms with Crippen LogP contribution in [0.3, 0.4) is 0 Å². The molecule has 0 heterocycles. The maximum absolute atomic E-state index is 13.3. The molecule has 18 heavy (non-hydrogen) atoms. The van der Waals surface area contributed by atoms with Crippen molar-refractivity contribution in [3.63, 3.8) is 0 Å². The average molecular weight is 342 g/mol. The molecule has 0 aliphatic rings. The van der Waals surface area contributed by atoms with Crippen molar-refractivity contribution in [3.05, 3.63) is 29.8 Å². The topological polar surface area (TPSA) is 46.2 Å². The highest BCUT2D eigenvalue weighted by Gasteiger charge is 2.20. The standard InChI is InChI=1S/C11H14BrF2NO2S/c1-2-3-8(12)7-15-18(16,17)11-6-9(13)4-5-10(11)14/h4-6,8,15H,2-3,7H2,1H3. The third-order valence-electron chi connectivity index (χ3n) is 2.28. The Kier molecular flexibility index (Phi) is 5.68. The molecule has 1 N–H and O–H groups in total. The quantitative estimate of drug-likeness (QED) is 0.808. The van der Waals surface area contributed by atoms with Crippen molar-refractivity contribution in [1.29, 1.82) is 0 Å². The van der Waals surface area contributed by atoms with Crippen molar-refractivity contribution < 1.29 is 17.2 Å². The molecular weight excluding hydrogens is 328 g/mol. The van der Waals surface area contributed by atoms with Gasteiger partial charge in [-0.3, -0.25) is 0 Å². The normalized spacial score (nSPS) is 13.6. The molecular formula is C11H14BrF2NO2S. The number of rotatable bonds is 6. The largest absolute Gasteiger partial charge is 0.243 e. The first-order valence-electron chi connectivity index (χ1n) is 5.45. The van der Waals surface area contributed by atoms with E-state index in [0.717, 1.165) is 25.0 Å². The molecule has 7 heteroatoms. The average Bonchev–Trinajstić information content (AvgIpc) is 2.30. The molecule has 0 aliphatic carbocycles. The van der Waals surface area contributed by atoms with Gasteiger partial charge in [-0.15, -0.1) is 0 Å². The third kappa shape index (κ3) is 4.29. The zero-order valence-corrected chi connectivity index (χ0v) is 12.2. The van der Waals surface area contributed by atoms with E-state index in [1.165, 1.54) is 0 Å². The van der Waals surface area contributed by atoms with Crippen LogP contribution in [-0.2, 0) is 10.0 Å². The number of hydrogen-bond donors (Lipinski definition) is 1. The van der Waals surface area contributed by atoms with Gasteiger partial charge in [-0.05, 0) is 24.6 Å². The fourth-order valence-electron chi connectivity index (χ4n) is 1.38. The Hall–Kier alpha value is -0.530. The monoisotopic (exact) mass is 341 g/mol. The molecule has 1 atom stereocenters. The number of benzene rings is 1. The molecule has 1 unspecified atom stereocenters. The minimum Gasteiger partial charge on any atom is -0.210 e. The predicted molar refractivity (Wildman–Crippen MR) is 69.2 cm³/mol. The molecule has 0 bridgehead atoms. The zero-order valence-electron chi connectivity index (χ0n) is 9.79. The van der Waals surface area contributed by atoms with Gasteiger partial charge in [0.2, 0.25) is 10.0 Å². The van der Waals surface area contributed by atoms with Gasteiger partial charge >= 0.3 is 0 Å². The van der Waals surface area contributed by atoms with Gasteiger partial charge in [-0.1, -0.05) is 29.3 Å². The molecule has 0 aromatic heterocycles. The molecule has 0 saturated carbocycles. The summed E-state index contributed by atoms with van der Waals surface area (Å²) in [6, 6.07) is 2.33. The molecule has 3 nitrogen and oxygen atoms in total. The fraction of sp³-hybridized carbons (Fsp3) is 0.455.